The molecule has 0 atom stereocenters. The van der Waals surface area contributed by atoms with Crippen molar-refractivity contribution in [3.05, 3.63) is 23.8 Å². The molecule has 0 saturated carbocycles. The van der Waals surface area contributed by atoms with Crippen molar-refractivity contribution in [3.63, 3.8) is 0 Å². The molecule has 0 aliphatic carbocycles. The number of rotatable bonds is 9. The largest absolute Gasteiger partial charge is 0.490 e. The summed E-state index contributed by atoms with van der Waals surface area (Å²) in [7, 11) is 0. The molecule has 1 aromatic rings. The highest BCUT2D eigenvalue weighted by molar-refractivity contribution is 5.85. The lowest BCUT2D eigenvalue weighted by molar-refractivity contribution is 0.287. The summed E-state index contributed by atoms with van der Waals surface area (Å²) in [5.41, 5.74) is 1.23. The van der Waals surface area contributed by atoms with Crippen LogP contribution in [0.2, 0.25) is 0 Å². The number of ether oxygens (including phenoxy) is 2. The molecule has 1 N–H and O–H groups in total. The summed E-state index contributed by atoms with van der Waals surface area (Å²) in [6, 6.07) is 6.15. The molecule has 1 rings (SSSR count). The number of halogens is 1. The van der Waals surface area contributed by atoms with Crippen LogP contribution in [0, 0.1) is 5.92 Å². The maximum absolute atomic E-state index is 5.62. The van der Waals surface area contributed by atoms with E-state index in [9.17, 15) is 0 Å². The van der Waals surface area contributed by atoms with Gasteiger partial charge < -0.3 is 14.8 Å². The van der Waals surface area contributed by atoms with Crippen LogP contribution < -0.4 is 14.8 Å². The minimum absolute atomic E-state index is 0. The topological polar surface area (TPSA) is 30.5 Å². The highest BCUT2D eigenvalue weighted by Gasteiger charge is 2.05. The van der Waals surface area contributed by atoms with Crippen LogP contribution in [0.5, 0.6) is 11.5 Å². The van der Waals surface area contributed by atoms with E-state index in [1.165, 1.54) is 12.0 Å². The molecule has 0 aromatic heterocycles. The monoisotopic (exact) mass is 301 g/mol. The van der Waals surface area contributed by atoms with Gasteiger partial charge in [0.2, 0.25) is 0 Å². The van der Waals surface area contributed by atoms with Gasteiger partial charge in [-0.3, -0.25) is 0 Å². The first-order valence-corrected chi connectivity index (χ1v) is 7.26. The number of nitrogens with one attached hydrogen (secondary N) is 1. The van der Waals surface area contributed by atoms with Crippen LogP contribution in [0.1, 0.15) is 39.7 Å². The van der Waals surface area contributed by atoms with E-state index in [0.29, 0.717) is 13.2 Å². The van der Waals surface area contributed by atoms with Crippen molar-refractivity contribution in [2.75, 3.05) is 19.8 Å². The molecule has 0 unspecified atom stereocenters. The predicted octanol–water partition coefficient (Wildman–Crippen LogP) is 4.04. The minimum atomic E-state index is 0. The summed E-state index contributed by atoms with van der Waals surface area (Å²) in [4.78, 5) is 0. The number of benzene rings is 1. The minimum Gasteiger partial charge on any atom is -0.490 e. The van der Waals surface area contributed by atoms with Gasteiger partial charge >= 0.3 is 0 Å². The van der Waals surface area contributed by atoms with Gasteiger partial charge in [-0.25, -0.2) is 0 Å². The van der Waals surface area contributed by atoms with Gasteiger partial charge in [-0.15, -0.1) is 12.4 Å². The first kappa shape index (κ1) is 19.1. The lowest BCUT2D eigenvalue weighted by Crippen LogP contribution is -2.16. The van der Waals surface area contributed by atoms with Crippen molar-refractivity contribution in [1.29, 1.82) is 0 Å². The van der Waals surface area contributed by atoms with E-state index in [0.717, 1.165) is 30.5 Å². The lowest BCUT2D eigenvalue weighted by Gasteiger charge is -2.13. The molecular formula is C16H28ClNO2. The summed E-state index contributed by atoms with van der Waals surface area (Å²) >= 11 is 0. The van der Waals surface area contributed by atoms with E-state index in [2.05, 4.69) is 31.3 Å². The van der Waals surface area contributed by atoms with Crippen LogP contribution in [0.15, 0.2) is 18.2 Å². The Bertz CT molecular complexity index is 369. The summed E-state index contributed by atoms with van der Waals surface area (Å²) in [6.45, 7) is 11.7. The molecule has 0 radical (unpaired) electrons. The molecule has 0 bridgehead atoms. The molecule has 116 valence electrons. The summed E-state index contributed by atoms with van der Waals surface area (Å²) in [5, 5.41) is 3.46. The molecule has 0 aliphatic rings. The Hall–Kier alpha value is -0.930. The van der Waals surface area contributed by atoms with E-state index >= 15 is 0 Å². The molecule has 3 nitrogen and oxygen atoms in total. The Morgan fingerprint density at radius 2 is 1.70 bits per heavy atom. The van der Waals surface area contributed by atoms with Gasteiger partial charge in [0.1, 0.15) is 0 Å². The van der Waals surface area contributed by atoms with Crippen LogP contribution in [-0.4, -0.2) is 19.8 Å². The third kappa shape index (κ3) is 7.01. The van der Waals surface area contributed by atoms with Gasteiger partial charge in [-0.05, 0) is 50.4 Å². The van der Waals surface area contributed by atoms with Gasteiger partial charge in [0, 0.05) is 6.54 Å². The van der Waals surface area contributed by atoms with Gasteiger partial charge in [0.05, 0.1) is 13.2 Å². The van der Waals surface area contributed by atoms with Crippen molar-refractivity contribution >= 4 is 12.4 Å². The zero-order valence-corrected chi connectivity index (χ0v) is 13.9. The molecule has 0 aliphatic heterocycles. The maximum Gasteiger partial charge on any atom is 0.161 e. The molecule has 0 amide bonds. The van der Waals surface area contributed by atoms with E-state index < -0.39 is 0 Å². The Labute approximate surface area is 129 Å². The Morgan fingerprint density at radius 1 is 1.05 bits per heavy atom. The van der Waals surface area contributed by atoms with Gasteiger partial charge in [0.25, 0.3) is 0 Å². The smallest absolute Gasteiger partial charge is 0.161 e. The first-order valence-electron chi connectivity index (χ1n) is 7.26. The summed E-state index contributed by atoms with van der Waals surface area (Å²) in [6.07, 6.45) is 1.20. The SMILES string of the molecule is CCOc1ccc(CNCCC(C)C)cc1OCC.Cl. The van der Waals surface area contributed by atoms with Crippen LogP contribution in [0.3, 0.4) is 0 Å². The molecule has 0 fully saturated rings. The van der Waals surface area contributed by atoms with Crippen molar-refractivity contribution in [1.82, 2.24) is 5.32 Å². The van der Waals surface area contributed by atoms with E-state index in [-0.39, 0.29) is 12.4 Å². The van der Waals surface area contributed by atoms with Gasteiger partial charge in [0.15, 0.2) is 11.5 Å². The van der Waals surface area contributed by atoms with Gasteiger partial charge in [-0.1, -0.05) is 19.9 Å². The second kappa shape index (κ2) is 10.8. The third-order valence-corrected chi connectivity index (χ3v) is 2.84. The highest BCUT2D eigenvalue weighted by Crippen LogP contribution is 2.28. The fourth-order valence-corrected chi connectivity index (χ4v) is 1.83. The second-order valence-corrected chi connectivity index (χ2v) is 5.01. The molecule has 0 spiro atoms. The molecule has 1 aromatic carbocycles. The second-order valence-electron chi connectivity index (χ2n) is 5.01. The number of hydrogen-bond acceptors (Lipinski definition) is 3. The lowest BCUT2D eigenvalue weighted by atomic mass is 10.1. The Balaban J connectivity index is 0.00000361. The van der Waals surface area contributed by atoms with Crippen LogP contribution in [0.4, 0.5) is 0 Å². The molecule has 0 saturated heterocycles. The quantitative estimate of drug-likeness (QED) is 0.698. The van der Waals surface area contributed by atoms with Crippen molar-refractivity contribution in [2.24, 2.45) is 5.92 Å². The molecule has 20 heavy (non-hydrogen) atoms. The molecule has 0 heterocycles. The van der Waals surface area contributed by atoms with E-state index in [1.807, 2.05) is 19.9 Å². The van der Waals surface area contributed by atoms with Gasteiger partial charge in [-0.2, -0.15) is 0 Å². The van der Waals surface area contributed by atoms with Crippen LogP contribution >= 0.6 is 12.4 Å². The fraction of sp³-hybridized carbons (Fsp3) is 0.625. The Kier molecular flexibility index (Phi) is 10.3. The average Bonchev–Trinajstić information content (AvgIpc) is 2.38. The van der Waals surface area contributed by atoms with Crippen LogP contribution in [-0.2, 0) is 6.54 Å². The first-order chi connectivity index (χ1) is 9.17. The zero-order chi connectivity index (χ0) is 14.1. The predicted molar refractivity (Wildman–Crippen MR) is 87.2 cm³/mol. The standard InChI is InChI=1S/C16H27NO2.ClH/c1-5-18-15-8-7-14(11-16(15)19-6-2)12-17-10-9-13(3)4;/h7-8,11,13,17H,5-6,9-10,12H2,1-4H3;1H. The van der Waals surface area contributed by atoms with Crippen molar-refractivity contribution in [3.8, 4) is 11.5 Å². The van der Waals surface area contributed by atoms with Crippen molar-refractivity contribution in [2.45, 2.75) is 40.7 Å². The summed E-state index contributed by atoms with van der Waals surface area (Å²) < 4.78 is 11.2. The molecule has 4 heteroatoms. The normalized spacial score (nSPS) is 10.2. The zero-order valence-electron chi connectivity index (χ0n) is 13.1. The number of hydrogen-bond donors (Lipinski definition) is 1. The van der Waals surface area contributed by atoms with Crippen LogP contribution in [0.25, 0.3) is 0 Å². The highest BCUT2D eigenvalue weighted by atomic mass is 35.5. The average molecular weight is 302 g/mol. The van der Waals surface area contributed by atoms with E-state index in [1.54, 1.807) is 0 Å². The van der Waals surface area contributed by atoms with E-state index in [4.69, 9.17) is 9.47 Å². The summed E-state index contributed by atoms with van der Waals surface area (Å²) in [5.74, 6) is 2.41. The Morgan fingerprint density at radius 3 is 2.30 bits per heavy atom. The van der Waals surface area contributed by atoms with Crippen molar-refractivity contribution < 1.29 is 9.47 Å². The molecular weight excluding hydrogens is 274 g/mol. The fourth-order valence-electron chi connectivity index (χ4n) is 1.83. The maximum atomic E-state index is 5.62. The third-order valence-electron chi connectivity index (χ3n) is 2.84.